The normalized spacial score (nSPS) is 21.2. The lowest BCUT2D eigenvalue weighted by molar-refractivity contribution is 0.0458. The van der Waals surface area contributed by atoms with Gasteiger partial charge in [0.15, 0.2) is 0 Å². The summed E-state index contributed by atoms with van der Waals surface area (Å²) in [7, 11) is 4.42. The Morgan fingerprint density at radius 2 is 1.60 bits per heavy atom. The molecule has 0 N–H and O–H groups in total. The molecule has 1 rings (SSSR count). The molecule has 1 heterocycles. The van der Waals surface area contributed by atoms with E-state index in [1.807, 2.05) is 0 Å². The number of nitrogens with zero attached hydrogens (tertiary/aromatic N) is 2. The maximum Gasteiger partial charge on any atom is 0.0176 e. The highest BCUT2D eigenvalue weighted by Gasteiger charge is 2.31. The zero-order valence-corrected chi connectivity index (χ0v) is 11.2. The van der Waals surface area contributed by atoms with Crippen LogP contribution in [0.25, 0.3) is 0 Å². The highest BCUT2D eigenvalue weighted by molar-refractivity contribution is 4.88. The first kappa shape index (κ1) is 13.0. The van der Waals surface area contributed by atoms with Crippen LogP contribution in [0.1, 0.15) is 46.5 Å². The van der Waals surface area contributed by atoms with Gasteiger partial charge >= 0.3 is 0 Å². The van der Waals surface area contributed by atoms with Crippen molar-refractivity contribution in [2.24, 2.45) is 0 Å². The van der Waals surface area contributed by atoms with Crippen LogP contribution in [0.4, 0.5) is 0 Å². The maximum absolute atomic E-state index is 2.70. The maximum atomic E-state index is 2.70. The van der Waals surface area contributed by atoms with Crippen molar-refractivity contribution in [2.45, 2.75) is 58.0 Å². The Bertz CT molecular complexity index is 177. The minimum atomic E-state index is 0.442. The van der Waals surface area contributed by atoms with Gasteiger partial charge in [-0.15, -0.1) is 0 Å². The van der Waals surface area contributed by atoms with Crippen molar-refractivity contribution < 1.29 is 0 Å². The fraction of sp³-hybridized carbons (Fsp3) is 1.00. The van der Waals surface area contributed by atoms with E-state index >= 15 is 0 Å². The van der Waals surface area contributed by atoms with Crippen molar-refractivity contribution in [1.29, 1.82) is 0 Å². The molecule has 0 spiro atoms. The van der Waals surface area contributed by atoms with E-state index < -0.39 is 0 Å². The highest BCUT2D eigenvalue weighted by Crippen LogP contribution is 2.27. The smallest absolute Gasteiger partial charge is 0.0176 e. The van der Waals surface area contributed by atoms with E-state index in [1.165, 1.54) is 38.8 Å². The Morgan fingerprint density at radius 3 is 1.93 bits per heavy atom. The predicted octanol–water partition coefficient (Wildman–Crippen LogP) is 2.59. The van der Waals surface area contributed by atoms with Gasteiger partial charge in [0.2, 0.25) is 0 Å². The second-order valence-corrected chi connectivity index (χ2v) is 5.39. The molecule has 15 heavy (non-hydrogen) atoms. The van der Waals surface area contributed by atoms with Gasteiger partial charge in [0.05, 0.1) is 0 Å². The molecule has 0 aromatic carbocycles. The van der Waals surface area contributed by atoms with E-state index in [-0.39, 0.29) is 0 Å². The van der Waals surface area contributed by atoms with Gasteiger partial charge in [-0.3, -0.25) is 4.90 Å². The fourth-order valence-electron chi connectivity index (χ4n) is 2.62. The lowest BCUT2D eigenvalue weighted by Gasteiger charge is -2.45. The Balaban J connectivity index is 2.49. The molecule has 0 amide bonds. The molecule has 0 aromatic heterocycles. The molecule has 90 valence electrons. The minimum Gasteiger partial charge on any atom is -0.306 e. The zero-order chi connectivity index (χ0) is 11.5. The summed E-state index contributed by atoms with van der Waals surface area (Å²) in [6.07, 6.45) is 5.22. The van der Waals surface area contributed by atoms with Crippen molar-refractivity contribution in [3.05, 3.63) is 0 Å². The molecule has 0 bridgehead atoms. The molecule has 1 aliphatic rings. The van der Waals surface area contributed by atoms with E-state index in [0.717, 1.165) is 6.04 Å². The molecule has 1 aliphatic heterocycles. The molecular weight excluding hydrogens is 184 g/mol. The van der Waals surface area contributed by atoms with Crippen LogP contribution in [-0.4, -0.2) is 48.6 Å². The summed E-state index contributed by atoms with van der Waals surface area (Å²) >= 11 is 0. The third-order valence-electron chi connectivity index (χ3n) is 4.48. The number of hydrogen-bond acceptors (Lipinski definition) is 2. The lowest BCUT2D eigenvalue weighted by Crippen LogP contribution is -2.52. The van der Waals surface area contributed by atoms with E-state index in [0.29, 0.717) is 5.54 Å². The van der Waals surface area contributed by atoms with E-state index in [9.17, 15) is 0 Å². The number of hydrogen-bond donors (Lipinski definition) is 0. The number of piperidine rings is 1. The van der Waals surface area contributed by atoms with Gasteiger partial charge < -0.3 is 4.90 Å². The molecule has 2 nitrogen and oxygen atoms in total. The van der Waals surface area contributed by atoms with Crippen molar-refractivity contribution in [3.8, 4) is 0 Å². The topological polar surface area (TPSA) is 6.48 Å². The molecular formula is C13H28N2. The van der Waals surface area contributed by atoms with Gasteiger partial charge in [0.25, 0.3) is 0 Å². The summed E-state index contributed by atoms with van der Waals surface area (Å²) in [5.41, 5.74) is 0.442. The fourth-order valence-corrected chi connectivity index (χ4v) is 2.62. The first-order valence-electron chi connectivity index (χ1n) is 6.45. The average molecular weight is 212 g/mol. The van der Waals surface area contributed by atoms with Crippen molar-refractivity contribution in [2.75, 3.05) is 27.2 Å². The van der Waals surface area contributed by atoms with Gasteiger partial charge in [0.1, 0.15) is 0 Å². The monoisotopic (exact) mass is 212 g/mol. The molecule has 0 saturated carbocycles. The Labute approximate surface area is 95.6 Å². The first-order valence-corrected chi connectivity index (χ1v) is 6.45. The largest absolute Gasteiger partial charge is 0.306 e. The van der Waals surface area contributed by atoms with E-state index in [4.69, 9.17) is 0 Å². The predicted molar refractivity (Wildman–Crippen MR) is 67.3 cm³/mol. The third kappa shape index (κ3) is 2.94. The summed E-state index contributed by atoms with van der Waals surface area (Å²) in [6, 6.07) is 0.805. The van der Waals surface area contributed by atoms with Gasteiger partial charge in [-0.05, 0) is 46.7 Å². The van der Waals surface area contributed by atoms with Gasteiger partial charge in [-0.2, -0.15) is 0 Å². The Kier molecular flexibility index (Phi) is 4.60. The average Bonchev–Trinajstić information content (AvgIpc) is 2.28. The van der Waals surface area contributed by atoms with Crippen molar-refractivity contribution >= 4 is 0 Å². The SMILES string of the molecule is CCC(C)(CC)N1CCC(N(C)C)CC1. The van der Waals surface area contributed by atoms with Crippen molar-refractivity contribution in [1.82, 2.24) is 9.80 Å². The number of rotatable bonds is 4. The van der Waals surface area contributed by atoms with Crippen LogP contribution < -0.4 is 0 Å². The molecule has 0 atom stereocenters. The van der Waals surface area contributed by atoms with Gasteiger partial charge in [0, 0.05) is 24.7 Å². The second-order valence-electron chi connectivity index (χ2n) is 5.39. The Hall–Kier alpha value is -0.0800. The lowest BCUT2D eigenvalue weighted by atomic mass is 9.90. The van der Waals surface area contributed by atoms with Crippen LogP contribution in [-0.2, 0) is 0 Å². The van der Waals surface area contributed by atoms with Crippen LogP contribution in [0.3, 0.4) is 0 Å². The van der Waals surface area contributed by atoms with Crippen LogP contribution >= 0.6 is 0 Å². The molecule has 0 aromatic rings. The van der Waals surface area contributed by atoms with Gasteiger partial charge in [-0.25, -0.2) is 0 Å². The Morgan fingerprint density at radius 1 is 1.13 bits per heavy atom. The molecule has 0 aliphatic carbocycles. The third-order valence-corrected chi connectivity index (χ3v) is 4.48. The summed E-state index contributed by atoms with van der Waals surface area (Å²) in [5, 5.41) is 0. The van der Waals surface area contributed by atoms with E-state index in [2.05, 4.69) is 44.7 Å². The standard InChI is InChI=1S/C13H28N2/c1-6-13(3,7-2)15-10-8-12(9-11-15)14(4)5/h12H,6-11H2,1-5H3. The van der Waals surface area contributed by atoms with E-state index in [1.54, 1.807) is 0 Å². The van der Waals surface area contributed by atoms with Crippen LogP contribution in [0, 0.1) is 0 Å². The minimum absolute atomic E-state index is 0.442. The molecule has 1 saturated heterocycles. The highest BCUT2D eigenvalue weighted by atomic mass is 15.2. The van der Waals surface area contributed by atoms with Gasteiger partial charge in [-0.1, -0.05) is 13.8 Å². The van der Waals surface area contributed by atoms with Crippen LogP contribution in [0.15, 0.2) is 0 Å². The van der Waals surface area contributed by atoms with Crippen molar-refractivity contribution in [3.63, 3.8) is 0 Å². The summed E-state index contributed by atoms with van der Waals surface area (Å²) in [5.74, 6) is 0. The molecule has 2 heteroatoms. The second kappa shape index (κ2) is 5.31. The molecule has 0 radical (unpaired) electrons. The summed E-state index contributed by atoms with van der Waals surface area (Å²) < 4.78 is 0. The zero-order valence-electron chi connectivity index (χ0n) is 11.2. The summed E-state index contributed by atoms with van der Waals surface area (Å²) in [6.45, 7) is 9.62. The van der Waals surface area contributed by atoms with Crippen LogP contribution in [0.5, 0.6) is 0 Å². The first-order chi connectivity index (χ1) is 7.03. The quantitative estimate of drug-likeness (QED) is 0.707. The van der Waals surface area contributed by atoms with Crippen LogP contribution in [0.2, 0.25) is 0 Å². The molecule has 1 fully saturated rings. The number of likely N-dealkylation sites (tertiary alicyclic amines) is 1. The summed E-state index contributed by atoms with van der Waals surface area (Å²) in [4.78, 5) is 5.08. The molecule has 0 unspecified atom stereocenters.